The number of phenols is 2. The van der Waals surface area contributed by atoms with Gasteiger partial charge in [-0.15, -0.1) is 23.2 Å². The molecule has 2 heterocycles. The Morgan fingerprint density at radius 3 is 1.20 bits per heavy atom. The van der Waals surface area contributed by atoms with Crippen LogP contribution in [0.2, 0.25) is 0 Å². The molecule has 2 unspecified atom stereocenters. The summed E-state index contributed by atoms with van der Waals surface area (Å²) in [7, 11) is 0. The number of fused-ring (bicyclic) bond motifs is 6. The smallest absolute Gasteiger partial charge is 0.147 e. The van der Waals surface area contributed by atoms with Crippen LogP contribution in [0, 0.1) is 13.8 Å². The van der Waals surface area contributed by atoms with Crippen LogP contribution in [-0.2, 0) is 25.8 Å². The van der Waals surface area contributed by atoms with Crippen LogP contribution in [0.5, 0.6) is 23.0 Å². The SMILES string of the molecule is Cc1cc(-c2ccccc2OC(C)CC(Oc2ccccc2-c2cc(C)cc(-n3c4ccccc4c4ccccc43)c2O)C(Cl)Cl)c(O)c(-n2c3ccccc3c3ccccc32)c1.[Hf]. The van der Waals surface area contributed by atoms with E-state index in [1.807, 2.05) is 142 Å². The number of hydrogen-bond donors (Lipinski definition) is 2. The largest absolute Gasteiger partial charge is 0.505 e. The monoisotopic (exact) mass is 1050 g/mol. The number of ether oxygens (including phenoxy) is 2. The van der Waals surface area contributed by atoms with Crippen molar-refractivity contribution in [3.63, 3.8) is 0 Å². The molecule has 2 atom stereocenters. The van der Waals surface area contributed by atoms with Crippen molar-refractivity contribution in [2.75, 3.05) is 0 Å². The maximum absolute atomic E-state index is 12.2. The fraction of sp³-hybridized carbons (Fsp3) is 0.127. The zero-order valence-electron chi connectivity index (χ0n) is 35.5. The number of aryl methyl sites for hydroxylation is 2. The number of rotatable bonds is 11. The van der Waals surface area contributed by atoms with E-state index in [-0.39, 0.29) is 37.3 Å². The Morgan fingerprint density at radius 1 is 0.469 bits per heavy atom. The van der Waals surface area contributed by atoms with Crippen molar-refractivity contribution in [3.8, 4) is 56.6 Å². The van der Waals surface area contributed by atoms with Gasteiger partial charge in [0.2, 0.25) is 0 Å². The van der Waals surface area contributed by atoms with Gasteiger partial charge in [0.05, 0.1) is 39.5 Å². The van der Waals surface area contributed by atoms with E-state index in [1.54, 1.807) is 0 Å². The van der Waals surface area contributed by atoms with Crippen molar-refractivity contribution in [2.24, 2.45) is 0 Å². The molecule has 0 spiro atoms. The number of phenolic OH excluding ortho intramolecular Hbond substituents is 2. The van der Waals surface area contributed by atoms with E-state index in [1.165, 1.54) is 0 Å². The molecule has 8 aromatic carbocycles. The second-order valence-corrected chi connectivity index (χ2v) is 17.4. The Balaban J connectivity index is 0.00000518. The fourth-order valence-electron chi connectivity index (χ4n) is 9.18. The number of nitrogens with zero attached hydrogens (tertiary/aromatic N) is 2. The summed E-state index contributed by atoms with van der Waals surface area (Å²) < 4.78 is 17.7. The summed E-state index contributed by atoms with van der Waals surface area (Å²) in [5.41, 5.74) is 10.1. The van der Waals surface area contributed by atoms with E-state index in [9.17, 15) is 10.2 Å². The Kier molecular flexibility index (Phi) is 12.1. The minimum Gasteiger partial charge on any atom is -0.505 e. The minimum absolute atomic E-state index is 0. The molecule has 0 bridgehead atoms. The third-order valence-corrected chi connectivity index (χ3v) is 12.5. The van der Waals surface area contributed by atoms with Crippen LogP contribution in [0.15, 0.2) is 170 Å². The van der Waals surface area contributed by atoms with Crippen molar-refractivity contribution in [1.82, 2.24) is 9.13 Å². The molecule has 64 heavy (non-hydrogen) atoms. The Labute approximate surface area is 400 Å². The first-order chi connectivity index (χ1) is 30.7. The van der Waals surface area contributed by atoms with Crippen LogP contribution in [0.1, 0.15) is 24.5 Å². The molecule has 0 aliphatic rings. The molecule has 10 aromatic rings. The summed E-state index contributed by atoms with van der Waals surface area (Å²) in [6, 6.07) is 56.4. The van der Waals surface area contributed by atoms with Crippen molar-refractivity contribution >= 4 is 66.8 Å². The van der Waals surface area contributed by atoms with Crippen LogP contribution in [0.4, 0.5) is 0 Å². The quantitative estimate of drug-likeness (QED) is 0.100. The zero-order chi connectivity index (χ0) is 43.4. The average Bonchev–Trinajstić information content (AvgIpc) is 3.81. The van der Waals surface area contributed by atoms with Crippen LogP contribution in [0.25, 0.3) is 77.2 Å². The van der Waals surface area contributed by atoms with E-state index in [2.05, 4.69) is 57.7 Å². The molecule has 10 rings (SSSR count). The molecule has 0 fully saturated rings. The zero-order valence-corrected chi connectivity index (χ0v) is 40.6. The molecule has 316 valence electrons. The molecular weight excluding hydrogens is 1000 g/mol. The topological polar surface area (TPSA) is 68.8 Å². The summed E-state index contributed by atoms with van der Waals surface area (Å²) in [5, 5.41) is 28.8. The van der Waals surface area contributed by atoms with Crippen LogP contribution in [0.3, 0.4) is 0 Å². The first-order valence-electron chi connectivity index (χ1n) is 21.1. The van der Waals surface area contributed by atoms with Gasteiger partial charge in [-0.25, -0.2) is 0 Å². The van der Waals surface area contributed by atoms with Crippen LogP contribution in [-0.4, -0.2) is 36.4 Å². The van der Waals surface area contributed by atoms with Crippen LogP contribution >= 0.6 is 23.2 Å². The molecule has 6 nitrogen and oxygen atoms in total. The number of halogens is 2. The van der Waals surface area contributed by atoms with E-state index >= 15 is 0 Å². The van der Waals surface area contributed by atoms with Gasteiger partial charge in [-0.2, -0.15) is 0 Å². The molecule has 9 heteroatoms. The molecule has 0 radical (unpaired) electrons. The van der Waals surface area contributed by atoms with Crippen molar-refractivity contribution in [3.05, 3.63) is 181 Å². The van der Waals surface area contributed by atoms with Gasteiger partial charge in [0, 0.05) is 76.1 Å². The number of alkyl halides is 2. The average molecular weight is 1050 g/mol. The van der Waals surface area contributed by atoms with Gasteiger partial charge in [0.25, 0.3) is 0 Å². The first-order valence-corrected chi connectivity index (χ1v) is 22.0. The second-order valence-electron chi connectivity index (χ2n) is 16.2. The predicted octanol–water partition coefficient (Wildman–Crippen LogP) is 14.6. The predicted molar refractivity (Wildman–Crippen MR) is 260 cm³/mol. The molecule has 0 aliphatic carbocycles. The summed E-state index contributed by atoms with van der Waals surface area (Å²) in [6.07, 6.45) is -0.768. The van der Waals surface area contributed by atoms with Gasteiger partial charge in [-0.1, -0.05) is 109 Å². The van der Waals surface area contributed by atoms with E-state index in [0.717, 1.165) is 60.3 Å². The fourth-order valence-corrected chi connectivity index (χ4v) is 9.48. The van der Waals surface area contributed by atoms with Gasteiger partial charge >= 0.3 is 0 Å². The van der Waals surface area contributed by atoms with Gasteiger partial charge in [-0.3, -0.25) is 0 Å². The molecule has 0 saturated carbocycles. The number of para-hydroxylation sites is 6. The first kappa shape index (κ1) is 43.3. The van der Waals surface area contributed by atoms with Gasteiger partial charge in [-0.05, 0) is 92.6 Å². The maximum atomic E-state index is 12.2. The summed E-state index contributed by atoms with van der Waals surface area (Å²) in [6.45, 7) is 6.02. The summed E-state index contributed by atoms with van der Waals surface area (Å²) in [4.78, 5) is -0.909. The molecule has 2 N–H and O–H groups in total. The molecule has 0 saturated heterocycles. The number of benzene rings is 8. The third kappa shape index (κ3) is 7.74. The van der Waals surface area contributed by atoms with Gasteiger partial charge in [0.1, 0.15) is 33.9 Å². The van der Waals surface area contributed by atoms with E-state index < -0.39 is 17.0 Å². The maximum Gasteiger partial charge on any atom is 0.147 e. The van der Waals surface area contributed by atoms with Crippen molar-refractivity contribution in [1.29, 1.82) is 0 Å². The Bertz CT molecular complexity index is 3250. The minimum atomic E-state index is -0.909. The third-order valence-electron chi connectivity index (χ3n) is 11.9. The van der Waals surface area contributed by atoms with Crippen LogP contribution < -0.4 is 9.47 Å². The van der Waals surface area contributed by atoms with Gasteiger partial charge < -0.3 is 28.8 Å². The normalized spacial score (nSPS) is 12.5. The Hall–Kier alpha value is -5.99. The Morgan fingerprint density at radius 2 is 0.812 bits per heavy atom. The molecule has 0 amide bonds. The molecule has 2 aromatic heterocycles. The summed E-state index contributed by atoms with van der Waals surface area (Å²) >= 11 is 13.4. The van der Waals surface area contributed by atoms with E-state index in [4.69, 9.17) is 32.7 Å². The number of aromatic hydroxyl groups is 2. The summed E-state index contributed by atoms with van der Waals surface area (Å²) in [5.74, 6) is 1.40. The van der Waals surface area contributed by atoms with Gasteiger partial charge in [0.15, 0.2) is 0 Å². The number of hydrogen-bond acceptors (Lipinski definition) is 4. The standard InChI is InChI=1S/C55H44Cl2N2O4.Hf/c1-33-28-42(53(60)48(30-33)58-44-22-10-4-16-36(44)37-17-5-11-23-45(37)58)40-20-8-14-26-50(40)62-35(3)32-52(55(56)57)63-51-27-15-9-21-41(51)43-29-34(2)31-49(54(43)61)59-46-24-12-6-18-38(46)39-19-7-13-25-47(39)59;/h4-31,35,52,55,60-61H,32H2,1-3H3;. The van der Waals surface area contributed by atoms with Crippen molar-refractivity contribution in [2.45, 2.75) is 44.2 Å². The second kappa shape index (κ2) is 17.9. The molecule has 0 aliphatic heterocycles. The molecular formula is C55H44Cl2HfN2O4. The van der Waals surface area contributed by atoms with E-state index in [0.29, 0.717) is 46.0 Å². The number of aromatic nitrogens is 2. The van der Waals surface area contributed by atoms with Crippen molar-refractivity contribution < 1.29 is 45.5 Å².